The van der Waals surface area contributed by atoms with Crippen LogP contribution in [0.15, 0.2) is 42.5 Å². The van der Waals surface area contributed by atoms with Crippen molar-refractivity contribution in [3.05, 3.63) is 53.6 Å². The first-order valence-electron chi connectivity index (χ1n) is 8.47. The summed E-state index contributed by atoms with van der Waals surface area (Å²) >= 11 is 0. The highest BCUT2D eigenvalue weighted by molar-refractivity contribution is 5.50. The number of likely N-dealkylation sites (N-methyl/N-ethyl adjacent to an activating group) is 1. The SMILES string of the molecule is COc1cc2c(cc1Oc1ccccc1)CC[N+]1(C)CCCC21. The second-order valence-corrected chi connectivity index (χ2v) is 6.95. The number of quaternary nitrogens is 1. The quantitative estimate of drug-likeness (QED) is 0.786. The summed E-state index contributed by atoms with van der Waals surface area (Å²) in [6.45, 7) is 2.53. The van der Waals surface area contributed by atoms with E-state index in [-0.39, 0.29) is 0 Å². The van der Waals surface area contributed by atoms with Gasteiger partial charge in [0.1, 0.15) is 11.8 Å². The van der Waals surface area contributed by atoms with Crippen molar-refractivity contribution in [3.63, 3.8) is 0 Å². The van der Waals surface area contributed by atoms with Crippen LogP contribution < -0.4 is 9.47 Å². The molecule has 0 saturated carbocycles. The van der Waals surface area contributed by atoms with Crippen LogP contribution in [0.5, 0.6) is 17.2 Å². The van der Waals surface area contributed by atoms with Crippen molar-refractivity contribution in [3.8, 4) is 17.2 Å². The number of hydrogen-bond acceptors (Lipinski definition) is 2. The van der Waals surface area contributed by atoms with Crippen LogP contribution >= 0.6 is 0 Å². The second kappa shape index (κ2) is 5.57. The van der Waals surface area contributed by atoms with Crippen molar-refractivity contribution in [2.45, 2.75) is 25.3 Å². The number of hydrogen-bond donors (Lipinski definition) is 0. The lowest BCUT2D eigenvalue weighted by Gasteiger charge is -2.41. The van der Waals surface area contributed by atoms with Gasteiger partial charge in [-0.1, -0.05) is 18.2 Å². The van der Waals surface area contributed by atoms with Crippen LogP contribution in [0, 0.1) is 0 Å². The first-order valence-corrected chi connectivity index (χ1v) is 8.47. The average Bonchev–Trinajstić information content (AvgIpc) is 2.97. The van der Waals surface area contributed by atoms with Gasteiger partial charge in [-0.25, -0.2) is 0 Å². The highest BCUT2D eigenvalue weighted by Crippen LogP contribution is 2.46. The van der Waals surface area contributed by atoms with E-state index in [0.29, 0.717) is 6.04 Å². The molecule has 0 aliphatic carbocycles. The van der Waals surface area contributed by atoms with E-state index in [2.05, 4.69) is 19.2 Å². The van der Waals surface area contributed by atoms with Gasteiger partial charge in [0.2, 0.25) is 0 Å². The van der Waals surface area contributed by atoms with E-state index in [0.717, 1.165) is 23.7 Å². The molecule has 2 aliphatic heterocycles. The molecule has 1 fully saturated rings. The molecular formula is C20H24NO2+. The Morgan fingerprint density at radius 1 is 1.04 bits per heavy atom. The molecule has 3 nitrogen and oxygen atoms in total. The minimum Gasteiger partial charge on any atom is -0.493 e. The lowest BCUT2D eigenvalue weighted by atomic mass is 9.90. The number of ether oxygens (including phenoxy) is 2. The average molecular weight is 310 g/mol. The van der Waals surface area contributed by atoms with E-state index in [1.54, 1.807) is 7.11 Å². The third-order valence-electron chi connectivity index (χ3n) is 5.55. The largest absolute Gasteiger partial charge is 0.493 e. The number of benzene rings is 2. The Balaban J connectivity index is 1.73. The Morgan fingerprint density at radius 3 is 2.65 bits per heavy atom. The summed E-state index contributed by atoms with van der Waals surface area (Å²) < 4.78 is 12.9. The summed E-state index contributed by atoms with van der Waals surface area (Å²) in [6.07, 6.45) is 3.73. The molecule has 0 bridgehead atoms. The van der Waals surface area contributed by atoms with Gasteiger partial charge in [0.25, 0.3) is 0 Å². The highest BCUT2D eigenvalue weighted by atomic mass is 16.5. The zero-order valence-electron chi connectivity index (χ0n) is 13.9. The Bertz CT molecular complexity index is 713. The molecule has 2 aromatic rings. The van der Waals surface area contributed by atoms with E-state index in [1.165, 1.54) is 41.5 Å². The van der Waals surface area contributed by atoms with Gasteiger partial charge in [-0.15, -0.1) is 0 Å². The Kier molecular flexibility index (Phi) is 3.53. The van der Waals surface area contributed by atoms with Gasteiger partial charge in [-0.05, 0) is 29.8 Å². The van der Waals surface area contributed by atoms with E-state index in [1.807, 2.05) is 30.3 Å². The molecule has 0 radical (unpaired) electrons. The predicted molar refractivity (Wildman–Crippen MR) is 91.1 cm³/mol. The minimum absolute atomic E-state index is 0.624. The fourth-order valence-electron chi connectivity index (χ4n) is 4.25. The molecule has 4 rings (SSSR count). The van der Waals surface area contributed by atoms with Crippen molar-refractivity contribution < 1.29 is 14.0 Å². The molecule has 2 aromatic carbocycles. The molecule has 2 unspecified atom stereocenters. The van der Waals surface area contributed by atoms with Crippen LogP contribution in [-0.4, -0.2) is 31.7 Å². The number of para-hydroxylation sites is 1. The Hall–Kier alpha value is -2.00. The number of fused-ring (bicyclic) bond motifs is 3. The number of rotatable bonds is 3. The first kappa shape index (κ1) is 14.6. The van der Waals surface area contributed by atoms with Crippen LogP contribution in [-0.2, 0) is 6.42 Å². The topological polar surface area (TPSA) is 18.5 Å². The molecule has 0 N–H and O–H groups in total. The third kappa shape index (κ3) is 2.49. The van der Waals surface area contributed by atoms with Crippen molar-refractivity contribution in [2.24, 2.45) is 0 Å². The monoisotopic (exact) mass is 310 g/mol. The summed E-state index contributed by atoms with van der Waals surface area (Å²) in [5.41, 5.74) is 2.90. The maximum atomic E-state index is 6.07. The van der Waals surface area contributed by atoms with Crippen molar-refractivity contribution in [1.29, 1.82) is 0 Å². The summed E-state index contributed by atoms with van der Waals surface area (Å²) in [5.74, 6) is 2.52. The number of methoxy groups -OCH3 is 1. The van der Waals surface area contributed by atoms with E-state index in [9.17, 15) is 0 Å². The molecule has 3 heteroatoms. The van der Waals surface area contributed by atoms with Gasteiger partial charge in [-0.2, -0.15) is 0 Å². The summed E-state index contributed by atoms with van der Waals surface area (Å²) in [7, 11) is 4.13. The maximum absolute atomic E-state index is 6.07. The molecule has 23 heavy (non-hydrogen) atoms. The molecule has 0 spiro atoms. The molecule has 0 amide bonds. The summed E-state index contributed by atoms with van der Waals surface area (Å²) in [4.78, 5) is 0. The van der Waals surface area contributed by atoms with Gasteiger partial charge >= 0.3 is 0 Å². The van der Waals surface area contributed by atoms with Gasteiger partial charge in [0.05, 0.1) is 27.2 Å². The van der Waals surface area contributed by atoms with Gasteiger partial charge in [0.15, 0.2) is 11.5 Å². The Morgan fingerprint density at radius 2 is 1.87 bits per heavy atom. The Labute approximate surface area is 138 Å². The molecule has 1 saturated heterocycles. The maximum Gasteiger partial charge on any atom is 0.169 e. The zero-order valence-corrected chi connectivity index (χ0v) is 13.9. The van der Waals surface area contributed by atoms with Crippen LogP contribution in [0.1, 0.15) is 30.0 Å². The van der Waals surface area contributed by atoms with E-state index < -0.39 is 0 Å². The van der Waals surface area contributed by atoms with Crippen molar-refractivity contribution >= 4 is 0 Å². The predicted octanol–water partition coefficient (Wildman–Crippen LogP) is 4.33. The first-order chi connectivity index (χ1) is 11.2. The fraction of sp³-hybridized carbons (Fsp3) is 0.400. The molecule has 2 atom stereocenters. The van der Waals surface area contributed by atoms with Gasteiger partial charge in [0, 0.05) is 24.8 Å². The zero-order chi connectivity index (χ0) is 15.9. The summed E-state index contributed by atoms with van der Waals surface area (Å²) in [6, 6.07) is 15.0. The fourth-order valence-corrected chi connectivity index (χ4v) is 4.25. The normalized spacial score (nSPS) is 25.6. The van der Waals surface area contributed by atoms with Crippen molar-refractivity contribution in [1.82, 2.24) is 0 Å². The van der Waals surface area contributed by atoms with Gasteiger partial charge in [-0.3, -0.25) is 0 Å². The van der Waals surface area contributed by atoms with E-state index >= 15 is 0 Å². The van der Waals surface area contributed by atoms with Crippen LogP contribution in [0.2, 0.25) is 0 Å². The second-order valence-electron chi connectivity index (χ2n) is 6.95. The molecule has 0 aromatic heterocycles. The van der Waals surface area contributed by atoms with Crippen LogP contribution in [0.25, 0.3) is 0 Å². The van der Waals surface area contributed by atoms with Gasteiger partial charge < -0.3 is 14.0 Å². The summed E-state index contributed by atoms with van der Waals surface area (Å²) in [5, 5.41) is 0. The lowest BCUT2D eigenvalue weighted by Crippen LogP contribution is -2.47. The number of nitrogens with zero attached hydrogens (tertiary/aromatic N) is 1. The third-order valence-corrected chi connectivity index (χ3v) is 5.55. The van der Waals surface area contributed by atoms with E-state index in [4.69, 9.17) is 9.47 Å². The molecular weight excluding hydrogens is 286 g/mol. The van der Waals surface area contributed by atoms with Crippen LogP contribution in [0.4, 0.5) is 0 Å². The molecule has 120 valence electrons. The smallest absolute Gasteiger partial charge is 0.169 e. The minimum atomic E-state index is 0.624. The molecule has 2 aliphatic rings. The van der Waals surface area contributed by atoms with Crippen molar-refractivity contribution in [2.75, 3.05) is 27.2 Å². The van der Waals surface area contributed by atoms with Crippen LogP contribution in [0.3, 0.4) is 0 Å². The lowest BCUT2D eigenvalue weighted by molar-refractivity contribution is -0.928. The highest BCUT2D eigenvalue weighted by Gasteiger charge is 2.43. The standard InChI is InChI=1S/C20H24NO2/c1-21-11-6-9-18(21)17-14-19(22-2)20(13-15(17)10-12-21)23-16-7-4-3-5-8-16/h3-5,7-8,13-14,18H,6,9-12H2,1-2H3/q+1. The molecule has 2 heterocycles.